The van der Waals surface area contributed by atoms with E-state index in [2.05, 4.69) is 31.2 Å². The highest BCUT2D eigenvalue weighted by atomic mass is 16.5. The van der Waals surface area contributed by atoms with Gasteiger partial charge in [0.25, 0.3) is 0 Å². The molecule has 0 fully saturated rings. The Morgan fingerprint density at radius 3 is 2.56 bits per heavy atom. The molecule has 0 aliphatic heterocycles. The summed E-state index contributed by atoms with van der Waals surface area (Å²) in [7, 11) is 1.67. The fourth-order valence-corrected chi connectivity index (χ4v) is 3.99. The lowest BCUT2D eigenvalue weighted by Gasteiger charge is -2.29. The number of Topliss-reactive ketones (excluding diaryl/α,β-unsaturated/α-hetero) is 1. The number of benzene rings is 2. The zero-order valence-electron chi connectivity index (χ0n) is 14.8. The molecule has 25 heavy (non-hydrogen) atoms. The smallest absolute Gasteiger partial charge is 0.134 e. The highest BCUT2D eigenvalue weighted by Crippen LogP contribution is 2.42. The van der Waals surface area contributed by atoms with Crippen LogP contribution in [0.2, 0.25) is 0 Å². The number of ether oxygens (including phenoxy) is 1. The van der Waals surface area contributed by atoms with Crippen LogP contribution in [0.3, 0.4) is 0 Å². The third kappa shape index (κ3) is 2.74. The van der Waals surface area contributed by atoms with Crippen LogP contribution in [0.15, 0.2) is 46.9 Å². The standard InChI is InChI=1S/C22H22O3/c1-13-4-6-15(7-5-13)18-12-22-20(11-17(18)14(2)23)19-10-16(24-3)8-9-21(19)25-22/h4-10,17-18H,11-12H2,1-3H3/t17-,18+/m0/s1. The molecule has 0 bridgehead atoms. The van der Waals surface area contributed by atoms with Gasteiger partial charge >= 0.3 is 0 Å². The van der Waals surface area contributed by atoms with Gasteiger partial charge in [-0.05, 0) is 44.0 Å². The van der Waals surface area contributed by atoms with Crippen LogP contribution in [0, 0.1) is 12.8 Å². The van der Waals surface area contributed by atoms with Gasteiger partial charge in [-0.25, -0.2) is 0 Å². The molecule has 1 heterocycles. The van der Waals surface area contributed by atoms with Crippen LogP contribution in [0.25, 0.3) is 11.0 Å². The van der Waals surface area contributed by atoms with E-state index in [9.17, 15) is 4.79 Å². The van der Waals surface area contributed by atoms with Crippen LogP contribution >= 0.6 is 0 Å². The monoisotopic (exact) mass is 334 g/mol. The predicted octanol–water partition coefficient (Wildman–Crippen LogP) is 4.84. The van der Waals surface area contributed by atoms with Gasteiger partial charge in [0.2, 0.25) is 0 Å². The maximum absolute atomic E-state index is 12.4. The molecule has 3 aromatic rings. The van der Waals surface area contributed by atoms with Crippen molar-refractivity contribution >= 4 is 16.8 Å². The van der Waals surface area contributed by atoms with E-state index in [1.54, 1.807) is 14.0 Å². The van der Waals surface area contributed by atoms with Gasteiger partial charge in [0, 0.05) is 29.2 Å². The van der Waals surface area contributed by atoms with Crippen molar-refractivity contribution in [1.29, 1.82) is 0 Å². The number of hydrogen-bond acceptors (Lipinski definition) is 3. The average Bonchev–Trinajstić information content (AvgIpc) is 2.97. The van der Waals surface area contributed by atoms with E-state index in [-0.39, 0.29) is 17.6 Å². The molecule has 1 aliphatic rings. The van der Waals surface area contributed by atoms with Crippen molar-refractivity contribution in [2.24, 2.45) is 5.92 Å². The summed E-state index contributed by atoms with van der Waals surface area (Å²) in [6, 6.07) is 14.4. The van der Waals surface area contributed by atoms with Gasteiger partial charge in [-0.1, -0.05) is 29.8 Å². The van der Waals surface area contributed by atoms with Crippen molar-refractivity contribution in [1.82, 2.24) is 0 Å². The molecule has 0 amide bonds. The summed E-state index contributed by atoms with van der Waals surface area (Å²) in [4.78, 5) is 12.4. The van der Waals surface area contributed by atoms with E-state index >= 15 is 0 Å². The topological polar surface area (TPSA) is 39.4 Å². The molecule has 0 saturated carbocycles. The molecule has 0 saturated heterocycles. The third-order valence-corrected chi connectivity index (χ3v) is 5.42. The third-order valence-electron chi connectivity index (χ3n) is 5.42. The number of ketones is 1. The van der Waals surface area contributed by atoms with E-state index in [1.165, 1.54) is 11.1 Å². The van der Waals surface area contributed by atoms with E-state index in [0.29, 0.717) is 0 Å². The fraction of sp³-hybridized carbons (Fsp3) is 0.318. The number of aryl methyl sites for hydroxylation is 1. The Bertz CT molecular complexity index is 934. The van der Waals surface area contributed by atoms with E-state index < -0.39 is 0 Å². The summed E-state index contributed by atoms with van der Waals surface area (Å²) < 4.78 is 11.5. The lowest BCUT2D eigenvalue weighted by Crippen LogP contribution is -2.28. The molecule has 0 N–H and O–H groups in total. The molecule has 1 aromatic heterocycles. The molecule has 0 spiro atoms. The summed E-state index contributed by atoms with van der Waals surface area (Å²) in [6.45, 7) is 3.79. The highest BCUT2D eigenvalue weighted by molar-refractivity contribution is 5.86. The van der Waals surface area contributed by atoms with Crippen LogP contribution in [0.4, 0.5) is 0 Å². The minimum absolute atomic E-state index is 0.0118. The van der Waals surface area contributed by atoms with Gasteiger partial charge in [0.05, 0.1) is 7.11 Å². The minimum Gasteiger partial charge on any atom is -0.497 e. The van der Waals surface area contributed by atoms with E-state index in [0.717, 1.165) is 40.9 Å². The van der Waals surface area contributed by atoms with Crippen LogP contribution in [-0.4, -0.2) is 12.9 Å². The van der Waals surface area contributed by atoms with Crippen molar-refractivity contribution in [2.45, 2.75) is 32.6 Å². The maximum atomic E-state index is 12.4. The van der Waals surface area contributed by atoms with Crippen molar-refractivity contribution < 1.29 is 13.9 Å². The molecule has 2 aromatic carbocycles. The first-order chi connectivity index (χ1) is 12.1. The Labute approximate surface area is 147 Å². The quantitative estimate of drug-likeness (QED) is 0.688. The zero-order valence-corrected chi connectivity index (χ0v) is 14.8. The van der Waals surface area contributed by atoms with Crippen LogP contribution < -0.4 is 4.74 Å². The van der Waals surface area contributed by atoms with Crippen molar-refractivity contribution in [3.8, 4) is 5.75 Å². The van der Waals surface area contributed by atoms with Gasteiger partial charge in [-0.15, -0.1) is 0 Å². The summed E-state index contributed by atoms with van der Waals surface area (Å²) >= 11 is 0. The van der Waals surface area contributed by atoms with Crippen LogP contribution in [0.1, 0.15) is 35.3 Å². The van der Waals surface area contributed by atoms with Crippen LogP contribution in [0.5, 0.6) is 5.75 Å². The number of rotatable bonds is 3. The zero-order chi connectivity index (χ0) is 17.6. The Morgan fingerprint density at radius 2 is 1.88 bits per heavy atom. The van der Waals surface area contributed by atoms with Gasteiger partial charge in [0.1, 0.15) is 22.9 Å². The fourth-order valence-electron chi connectivity index (χ4n) is 3.99. The Hall–Kier alpha value is -2.55. The minimum atomic E-state index is -0.0118. The number of furan rings is 1. The summed E-state index contributed by atoms with van der Waals surface area (Å²) in [6.07, 6.45) is 1.49. The first-order valence-corrected chi connectivity index (χ1v) is 8.72. The number of hydrogen-bond donors (Lipinski definition) is 0. The second-order valence-electron chi connectivity index (χ2n) is 7.01. The molecule has 0 unspecified atom stereocenters. The van der Waals surface area contributed by atoms with Crippen molar-refractivity contribution in [3.05, 3.63) is 64.9 Å². The molecule has 0 radical (unpaired) electrons. The lowest BCUT2D eigenvalue weighted by molar-refractivity contribution is -0.121. The first kappa shape index (κ1) is 15.9. The molecule has 2 atom stereocenters. The molecule has 3 heteroatoms. The first-order valence-electron chi connectivity index (χ1n) is 8.72. The second kappa shape index (κ2) is 6.07. The largest absolute Gasteiger partial charge is 0.497 e. The summed E-state index contributed by atoms with van der Waals surface area (Å²) in [5.74, 6) is 2.23. The normalized spacial score (nSPS) is 19.6. The molecule has 3 nitrogen and oxygen atoms in total. The molecule has 4 rings (SSSR count). The van der Waals surface area contributed by atoms with Gasteiger partial charge in [0.15, 0.2) is 0 Å². The molecular weight excluding hydrogens is 312 g/mol. The number of carbonyl (C=O) groups excluding carboxylic acids is 1. The number of fused-ring (bicyclic) bond motifs is 3. The van der Waals surface area contributed by atoms with Gasteiger partial charge < -0.3 is 9.15 Å². The predicted molar refractivity (Wildman–Crippen MR) is 98.3 cm³/mol. The Morgan fingerprint density at radius 1 is 1.12 bits per heavy atom. The van der Waals surface area contributed by atoms with Crippen molar-refractivity contribution in [3.63, 3.8) is 0 Å². The summed E-state index contributed by atoms with van der Waals surface area (Å²) in [5.41, 5.74) is 4.49. The van der Waals surface area contributed by atoms with E-state index in [1.807, 2.05) is 18.2 Å². The maximum Gasteiger partial charge on any atom is 0.134 e. The highest BCUT2D eigenvalue weighted by Gasteiger charge is 2.35. The molecular formula is C22H22O3. The Kier molecular flexibility index (Phi) is 3.87. The molecule has 128 valence electrons. The van der Waals surface area contributed by atoms with Crippen LogP contribution in [-0.2, 0) is 17.6 Å². The number of carbonyl (C=O) groups is 1. The van der Waals surface area contributed by atoms with Gasteiger partial charge in [-0.3, -0.25) is 4.79 Å². The SMILES string of the molecule is COc1ccc2oc3c(c2c1)C[C@@H](C(C)=O)[C@@H](c1ccc(C)cc1)C3. The molecule has 1 aliphatic carbocycles. The van der Waals surface area contributed by atoms with E-state index in [4.69, 9.17) is 9.15 Å². The van der Waals surface area contributed by atoms with Gasteiger partial charge in [-0.2, -0.15) is 0 Å². The second-order valence-corrected chi connectivity index (χ2v) is 7.01. The average molecular weight is 334 g/mol. The Balaban J connectivity index is 1.80. The van der Waals surface area contributed by atoms with Crippen molar-refractivity contribution in [2.75, 3.05) is 7.11 Å². The lowest BCUT2D eigenvalue weighted by atomic mass is 9.73. The summed E-state index contributed by atoms with van der Waals surface area (Å²) in [5, 5.41) is 1.07. The number of methoxy groups -OCH3 is 1.